The minimum atomic E-state index is -5.31. The van der Waals surface area contributed by atoms with Crippen LogP contribution in [0.3, 0.4) is 0 Å². The minimum Gasteiger partial charge on any atom is -0.726 e. The predicted octanol–water partition coefficient (Wildman–Crippen LogP) is -12.1. The molecular weight excluding hydrogens is 357 g/mol. The molecule has 0 saturated heterocycles. The van der Waals surface area contributed by atoms with Crippen LogP contribution >= 0.6 is 0 Å². The topological polar surface area (TPSA) is 210 Å². The summed E-state index contributed by atoms with van der Waals surface area (Å²) < 4.78 is 94.3. The third-order valence-corrected chi connectivity index (χ3v) is 0.750. The van der Waals surface area contributed by atoms with Crippen LogP contribution in [0.25, 0.3) is 0 Å². The minimum absolute atomic E-state index is 0. The van der Waals surface area contributed by atoms with E-state index in [2.05, 4.69) is 8.67 Å². The summed E-state index contributed by atoms with van der Waals surface area (Å²) in [6.45, 7) is 0. The first kappa shape index (κ1) is 32.5. The Morgan fingerprint density at radius 2 is 0.778 bits per heavy atom. The molecule has 0 aliphatic heterocycles. The predicted molar refractivity (Wildman–Crippen MR) is 33.9 cm³/mol. The largest absolute Gasteiger partial charge is 1.00 e. The normalized spacial score (nSPS) is 10.7. The van der Waals surface area contributed by atoms with Crippen molar-refractivity contribution in [1.82, 2.24) is 0 Å². The number of rotatable bonds is 3. The second-order valence-corrected chi connectivity index (χ2v) is 4.14. The van der Waals surface area contributed by atoms with E-state index in [-0.39, 0.29) is 88.7 Å². The van der Waals surface area contributed by atoms with Gasteiger partial charge >= 0.3 is 88.7 Å². The van der Waals surface area contributed by atoms with Gasteiger partial charge in [-0.2, -0.15) is 0 Å². The zero-order chi connectivity index (χ0) is 12.9. The molecule has 0 aromatic carbocycles. The first-order valence-electron chi connectivity index (χ1n) is 2.18. The molecule has 0 fully saturated rings. The Morgan fingerprint density at radius 1 is 0.667 bits per heavy atom. The maximum Gasteiger partial charge on any atom is 1.00 e. The third kappa shape index (κ3) is 62.5. The summed E-state index contributed by atoms with van der Waals surface area (Å²) >= 11 is 0. The van der Waals surface area contributed by atoms with Crippen molar-refractivity contribution < 1.29 is 141 Å². The molecule has 0 saturated carbocycles. The Morgan fingerprint density at radius 3 is 0.833 bits per heavy atom. The standard InChI is InChI=1S/3Na.H2O8S2.H2O4S/c;;;1-9(2,3)7-8-10(4,5)6;1-5(2,3)4/h;;;(H,1,2,3)(H,4,5,6);(H2,1,2,3,4)/q3*+1;;/p-3. The molecule has 0 atom stereocenters. The fourth-order valence-electron chi connectivity index (χ4n) is 0.0680. The molecular formula is HNa3O12S3. The Hall–Kier alpha value is 2.61. The van der Waals surface area contributed by atoms with E-state index in [0.29, 0.717) is 0 Å². The van der Waals surface area contributed by atoms with E-state index in [4.69, 9.17) is 17.5 Å². The van der Waals surface area contributed by atoms with Gasteiger partial charge in [0.2, 0.25) is 31.2 Å². The van der Waals surface area contributed by atoms with Gasteiger partial charge in [0.1, 0.15) is 0 Å². The van der Waals surface area contributed by atoms with Gasteiger partial charge < -0.3 is 13.7 Å². The summed E-state index contributed by atoms with van der Waals surface area (Å²) in [7, 11) is -15.5. The van der Waals surface area contributed by atoms with Crippen molar-refractivity contribution >= 4 is 31.2 Å². The van der Waals surface area contributed by atoms with E-state index < -0.39 is 31.2 Å². The second-order valence-electron chi connectivity index (χ2n) is 1.38. The van der Waals surface area contributed by atoms with E-state index in [1.807, 2.05) is 0 Å². The van der Waals surface area contributed by atoms with Gasteiger partial charge in [-0.1, -0.05) is 0 Å². The monoisotopic (exact) mass is 358 g/mol. The maximum atomic E-state index is 9.37. The second kappa shape index (κ2) is 13.3. The first-order valence-corrected chi connectivity index (χ1v) is 6.21. The first-order chi connectivity index (χ1) is 6.21. The van der Waals surface area contributed by atoms with Crippen LogP contribution in [-0.2, 0) is 39.9 Å². The molecule has 0 bridgehead atoms. The number of hydrogen-bond donors (Lipinski definition) is 1. The van der Waals surface area contributed by atoms with Crippen molar-refractivity contribution in [2.24, 2.45) is 0 Å². The van der Waals surface area contributed by atoms with Crippen LogP contribution in [0.1, 0.15) is 0 Å². The van der Waals surface area contributed by atoms with Crippen molar-refractivity contribution in [3.8, 4) is 0 Å². The molecule has 18 heavy (non-hydrogen) atoms. The molecule has 0 aliphatic carbocycles. The summed E-state index contributed by atoms with van der Waals surface area (Å²) in [5.74, 6) is 0. The zero-order valence-corrected chi connectivity index (χ0v) is 17.6. The van der Waals surface area contributed by atoms with Crippen LogP contribution in [0.2, 0.25) is 0 Å². The smallest absolute Gasteiger partial charge is 0.726 e. The van der Waals surface area contributed by atoms with Gasteiger partial charge in [-0.25, -0.2) is 25.3 Å². The molecule has 0 heterocycles. The molecule has 0 aliphatic rings. The molecule has 1 N–H and O–H groups in total. The average molecular weight is 358 g/mol. The summed E-state index contributed by atoms with van der Waals surface area (Å²) in [4.78, 5) is 0. The molecule has 0 unspecified atom stereocenters. The Bertz CT molecular complexity index is 427. The Labute approximate surface area is 169 Å². The van der Waals surface area contributed by atoms with Gasteiger partial charge in [0, 0.05) is 0 Å². The molecule has 0 amide bonds. The van der Waals surface area contributed by atoms with Crippen molar-refractivity contribution in [2.75, 3.05) is 0 Å². The van der Waals surface area contributed by atoms with Crippen LogP contribution in [-0.4, -0.2) is 43.5 Å². The maximum absolute atomic E-state index is 9.37. The molecule has 18 heteroatoms. The molecule has 0 aromatic heterocycles. The molecule has 94 valence electrons. The third-order valence-electron chi connectivity index (χ3n) is 0.194. The summed E-state index contributed by atoms with van der Waals surface area (Å²) in [5.41, 5.74) is 0. The molecule has 0 radical (unpaired) electrons. The summed E-state index contributed by atoms with van der Waals surface area (Å²) in [5, 5.41) is 0. The van der Waals surface area contributed by atoms with Gasteiger partial charge in [-0.05, 0) is 0 Å². The van der Waals surface area contributed by atoms with E-state index in [9.17, 15) is 25.9 Å². The van der Waals surface area contributed by atoms with E-state index >= 15 is 0 Å². The summed E-state index contributed by atoms with van der Waals surface area (Å²) in [6, 6.07) is 0. The molecule has 0 aromatic rings. The summed E-state index contributed by atoms with van der Waals surface area (Å²) in [6.07, 6.45) is 0. The van der Waals surface area contributed by atoms with Crippen LogP contribution in [0, 0.1) is 0 Å². The molecule has 0 rings (SSSR count). The van der Waals surface area contributed by atoms with Crippen LogP contribution in [0.15, 0.2) is 0 Å². The molecule has 0 spiro atoms. The van der Waals surface area contributed by atoms with Crippen molar-refractivity contribution in [3.05, 3.63) is 0 Å². The average Bonchev–Trinajstić information content (AvgIpc) is 1.76. The molecule has 12 nitrogen and oxygen atoms in total. The SMILES string of the molecule is O=S(=O)([O-])O.O=S(=O)([O-])OOS(=O)(=O)[O-].[Na+].[Na+].[Na+]. The zero-order valence-electron chi connectivity index (χ0n) is 9.16. The Balaban J connectivity index is -0.0000000621. The van der Waals surface area contributed by atoms with Gasteiger partial charge in [0.15, 0.2) is 0 Å². The van der Waals surface area contributed by atoms with Crippen molar-refractivity contribution in [3.63, 3.8) is 0 Å². The van der Waals surface area contributed by atoms with E-state index in [0.717, 1.165) is 0 Å². The van der Waals surface area contributed by atoms with Gasteiger partial charge in [-0.3, -0.25) is 4.55 Å². The van der Waals surface area contributed by atoms with Crippen molar-refractivity contribution in [1.29, 1.82) is 0 Å². The fourth-order valence-corrected chi connectivity index (χ4v) is 0.612. The van der Waals surface area contributed by atoms with Gasteiger partial charge in [0.25, 0.3) is 0 Å². The van der Waals surface area contributed by atoms with Crippen LogP contribution in [0.4, 0.5) is 0 Å². The van der Waals surface area contributed by atoms with Crippen LogP contribution in [0.5, 0.6) is 0 Å². The van der Waals surface area contributed by atoms with Crippen LogP contribution < -0.4 is 88.7 Å². The van der Waals surface area contributed by atoms with Crippen molar-refractivity contribution in [2.45, 2.75) is 0 Å². The number of hydrogen-bond acceptors (Lipinski definition) is 11. The van der Waals surface area contributed by atoms with E-state index in [1.165, 1.54) is 0 Å². The Kier molecular flexibility index (Phi) is 24.0. The quantitative estimate of drug-likeness (QED) is 0.164. The van der Waals surface area contributed by atoms with Gasteiger partial charge in [0.05, 0.1) is 0 Å². The van der Waals surface area contributed by atoms with E-state index in [1.54, 1.807) is 0 Å². The van der Waals surface area contributed by atoms with Gasteiger partial charge in [-0.15, -0.1) is 8.67 Å². The fraction of sp³-hybridized carbons (Fsp3) is 0.